The summed E-state index contributed by atoms with van der Waals surface area (Å²) in [5, 5.41) is 5.27. The van der Waals surface area contributed by atoms with Gasteiger partial charge in [-0.05, 0) is 60.0 Å². The van der Waals surface area contributed by atoms with Gasteiger partial charge in [0.05, 0.1) is 10.6 Å². The van der Waals surface area contributed by atoms with Crippen molar-refractivity contribution in [3.63, 3.8) is 0 Å². The number of nitrogens with zero attached hydrogens (tertiary/aromatic N) is 2. The molecule has 0 saturated heterocycles. The van der Waals surface area contributed by atoms with Crippen molar-refractivity contribution in [3.05, 3.63) is 70.9 Å². The van der Waals surface area contributed by atoms with Gasteiger partial charge < -0.3 is 9.47 Å². The van der Waals surface area contributed by atoms with Crippen LogP contribution in [0, 0.1) is 6.92 Å². The zero-order valence-corrected chi connectivity index (χ0v) is 21.6. The number of benzene rings is 2. The maximum atomic E-state index is 12.7. The van der Waals surface area contributed by atoms with Crippen LogP contribution in [0.5, 0.6) is 0 Å². The molecule has 1 amide bonds. The fourth-order valence-corrected chi connectivity index (χ4v) is 5.48. The maximum Gasteiger partial charge on any atom is 0.238 e. The van der Waals surface area contributed by atoms with E-state index in [0.29, 0.717) is 25.1 Å². The molecule has 184 valence electrons. The summed E-state index contributed by atoms with van der Waals surface area (Å²) in [6, 6.07) is 14.5. The number of rotatable bonds is 5. The van der Waals surface area contributed by atoms with E-state index in [2.05, 4.69) is 26.0 Å². The van der Waals surface area contributed by atoms with Crippen LogP contribution in [0.25, 0.3) is 16.9 Å². The lowest BCUT2D eigenvalue weighted by Gasteiger charge is -2.40. The van der Waals surface area contributed by atoms with Crippen molar-refractivity contribution >= 4 is 21.7 Å². The first-order valence-corrected chi connectivity index (χ1v) is 13.2. The number of carbonyl (C=O) groups excluding carboxylic acids is 2. The topological polar surface area (TPSA) is 102 Å². The Bertz CT molecular complexity index is 1430. The molecule has 7 nitrogen and oxygen atoms in total. The minimum absolute atomic E-state index is 0.0306. The predicted octanol–water partition coefficient (Wildman–Crippen LogP) is 4.33. The van der Waals surface area contributed by atoms with Crippen LogP contribution in [0.15, 0.2) is 53.4 Å². The number of sulfonamides is 1. The second kappa shape index (κ2) is 8.77. The number of nitrogens with two attached hydrogens (primary N) is 1. The Morgan fingerprint density at radius 1 is 1.06 bits per heavy atom. The van der Waals surface area contributed by atoms with E-state index in [1.165, 1.54) is 17.7 Å². The lowest BCUT2D eigenvalue weighted by Crippen LogP contribution is -2.44. The van der Waals surface area contributed by atoms with E-state index in [4.69, 9.17) is 5.14 Å². The van der Waals surface area contributed by atoms with E-state index in [-0.39, 0.29) is 22.0 Å². The fourth-order valence-electron chi connectivity index (χ4n) is 4.96. The molecule has 0 atom stereocenters. The van der Waals surface area contributed by atoms with Crippen LogP contribution >= 0.6 is 0 Å². The Kier molecular flexibility index (Phi) is 6.23. The Morgan fingerprint density at radius 3 is 2.29 bits per heavy atom. The zero-order chi connectivity index (χ0) is 25.7. The van der Waals surface area contributed by atoms with Crippen LogP contribution < -0.4 is 5.14 Å². The molecule has 0 unspecified atom stereocenters. The summed E-state index contributed by atoms with van der Waals surface area (Å²) < 4.78 is 25.4. The highest BCUT2D eigenvalue weighted by Gasteiger charge is 2.33. The van der Waals surface area contributed by atoms with Gasteiger partial charge >= 0.3 is 0 Å². The third kappa shape index (κ3) is 4.56. The van der Waals surface area contributed by atoms with Crippen LogP contribution in [0.3, 0.4) is 0 Å². The molecule has 1 aromatic heterocycles. The van der Waals surface area contributed by atoms with E-state index < -0.39 is 10.0 Å². The molecule has 2 N–H and O–H groups in total. The molecule has 0 aliphatic carbocycles. The summed E-state index contributed by atoms with van der Waals surface area (Å²) in [4.78, 5) is 26.7. The van der Waals surface area contributed by atoms with Crippen LogP contribution in [0.4, 0.5) is 0 Å². The summed E-state index contributed by atoms with van der Waals surface area (Å²) in [5.41, 5.74) is 5.99. The average molecular weight is 494 g/mol. The van der Waals surface area contributed by atoms with Gasteiger partial charge in [-0.15, -0.1) is 0 Å². The molecule has 8 heteroatoms. The van der Waals surface area contributed by atoms with Crippen molar-refractivity contribution < 1.29 is 18.0 Å². The van der Waals surface area contributed by atoms with E-state index >= 15 is 0 Å². The number of carbonyl (C=O) groups is 2. The first-order chi connectivity index (χ1) is 16.3. The Hall–Kier alpha value is -3.23. The standard InChI is InChI=1S/C27H31N3O4S/c1-6-26(32)23-14-25(30(17(23)2)21-9-11-22(12-10-21)35(28,33)34)19-7-8-20-15-29(18(3)31)16-27(4,5)24(20)13-19/h7-14H,6,15-16H2,1-5H3,(H2,28,33,34). The minimum Gasteiger partial charge on any atom is -0.338 e. The van der Waals surface area contributed by atoms with Crippen molar-refractivity contribution in [3.8, 4) is 16.9 Å². The van der Waals surface area contributed by atoms with Crippen molar-refractivity contribution in [2.45, 2.75) is 57.9 Å². The molecule has 2 aromatic carbocycles. The quantitative estimate of drug-likeness (QED) is 0.534. The number of aromatic nitrogens is 1. The number of primary sulfonamides is 1. The largest absolute Gasteiger partial charge is 0.338 e. The minimum atomic E-state index is -3.81. The molecule has 0 radical (unpaired) electrons. The van der Waals surface area contributed by atoms with Gasteiger partial charge in [-0.2, -0.15) is 0 Å². The molecule has 3 aromatic rings. The lowest BCUT2D eigenvalue weighted by molar-refractivity contribution is -0.130. The summed E-state index contributed by atoms with van der Waals surface area (Å²) >= 11 is 0. The fraction of sp³-hybridized carbons (Fsp3) is 0.333. The van der Waals surface area contributed by atoms with Crippen LogP contribution in [-0.2, 0) is 26.8 Å². The van der Waals surface area contributed by atoms with Gasteiger partial charge in [0, 0.05) is 48.8 Å². The van der Waals surface area contributed by atoms with Crippen LogP contribution in [-0.4, -0.2) is 36.1 Å². The molecule has 1 aliphatic heterocycles. The molecule has 35 heavy (non-hydrogen) atoms. The van der Waals surface area contributed by atoms with Crippen LogP contribution in [0.2, 0.25) is 0 Å². The van der Waals surface area contributed by atoms with Gasteiger partial charge in [0.2, 0.25) is 15.9 Å². The van der Waals surface area contributed by atoms with Gasteiger partial charge in [-0.3, -0.25) is 9.59 Å². The molecular weight excluding hydrogens is 462 g/mol. The molecule has 4 rings (SSSR count). The molecule has 0 spiro atoms. The zero-order valence-electron chi connectivity index (χ0n) is 20.8. The first-order valence-electron chi connectivity index (χ1n) is 11.6. The van der Waals surface area contributed by atoms with Gasteiger partial charge in [0.25, 0.3) is 0 Å². The van der Waals surface area contributed by atoms with E-state index in [9.17, 15) is 18.0 Å². The number of amides is 1. The third-order valence-electron chi connectivity index (χ3n) is 6.82. The SMILES string of the molecule is CCC(=O)c1cc(-c2ccc3c(c2)C(C)(C)CN(C(C)=O)C3)n(-c2ccc(S(N)(=O)=O)cc2)c1C. The molecular formula is C27H31N3O4S. The molecule has 0 bridgehead atoms. The van der Waals surface area contributed by atoms with Gasteiger partial charge in [0.1, 0.15) is 0 Å². The van der Waals surface area contributed by atoms with Crippen molar-refractivity contribution in [2.24, 2.45) is 5.14 Å². The first kappa shape index (κ1) is 24.9. The van der Waals surface area contributed by atoms with Gasteiger partial charge in [-0.1, -0.05) is 32.9 Å². The van der Waals surface area contributed by atoms with E-state index in [1.807, 2.05) is 35.4 Å². The third-order valence-corrected chi connectivity index (χ3v) is 7.75. The summed E-state index contributed by atoms with van der Waals surface area (Å²) in [7, 11) is -3.81. The molecule has 2 heterocycles. The number of hydrogen-bond donors (Lipinski definition) is 1. The van der Waals surface area contributed by atoms with Crippen LogP contribution in [0.1, 0.15) is 61.3 Å². The maximum absolute atomic E-state index is 12.7. The van der Waals surface area contributed by atoms with Gasteiger partial charge in [0.15, 0.2) is 5.78 Å². The van der Waals surface area contributed by atoms with E-state index in [0.717, 1.165) is 28.2 Å². The summed E-state index contributed by atoms with van der Waals surface area (Å²) in [5.74, 6) is 0.0991. The van der Waals surface area contributed by atoms with Gasteiger partial charge in [-0.25, -0.2) is 13.6 Å². The number of Topliss-reactive ketones (excluding diaryl/α,β-unsaturated/α-hetero) is 1. The highest BCUT2D eigenvalue weighted by atomic mass is 32.2. The highest BCUT2D eigenvalue weighted by Crippen LogP contribution is 2.38. The van der Waals surface area contributed by atoms with Crippen molar-refractivity contribution in [1.29, 1.82) is 0 Å². The lowest BCUT2D eigenvalue weighted by atomic mass is 9.77. The normalized spacial score (nSPS) is 15.1. The molecule has 0 saturated carbocycles. The Morgan fingerprint density at radius 2 is 1.71 bits per heavy atom. The molecule has 1 aliphatic rings. The molecule has 0 fully saturated rings. The Labute approximate surface area is 206 Å². The summed E-state index contributed by atoms with van der Waals surface area (Å²) in [6.07, 6.45) is 0.382. The van der Waals surface area contributed by atoms with Crippen molar-refractivity contribution in [1.82, 2.24) is 9.47 Å². The smallest absolute Gasteiger partial charge is 0.238 e. The van der Waals surface area contributed by atoms with E-state index in [1.54, 1.807) is 19.1 Å². The predicted molar refractivity (Wildman–Crippen MR) is 136 cm³/mol. The monoisotopic (exact) mass is 493 g/mol. The number of hydrogen-bond acceptors (Lipinski definition) is 4. The second-order valence-corrected chi connectivity index (χ2v) is 11.4. The second-order valence-electron chi connectivity index (χ2n) is 9.81. The average Bonchev–Trinajstić information content (AvgIpc) is 3.14. The van der Waals surface area contributed by atoms with Crippen molar-refractivity contribution in [2.75, 3.05) is 6.54 Å². The summed E-state index contributed by atoms with van der Waals surface area (Å²) in [6.45, 7) is 10.8. The highest BCUT2D eigenvalue weighted by molar-refractivity contribution is 7.89. The number of fused-ring (bicyclic) bond motifs is 1. The number of ketones is 1. The Balaban J connectivity index is 1.90.